The molecule has 0 bridgehead atoms. The molecule has 2 heterocycles. The van der Waals surface area contributed by atoms with Crippen molar-refractivity contribution in [2.24, 2.45) is 0 Å². The van der Waals surface area contributed by atoms with Crippen molar-refractivity contribution in [1.29, 1.82) is 0 Å². The fourth-order valence-corrected chi connectivity index (χ4v) is 3.39. The highest BCUT2D eigenvalue weighted by Gasteiger charge is 2.20. The van der Waals surface area contributed by atoms with Crippen molar-refractivity contribution in [3.63, 3.8) is 0 Å². The summed E-state index contributed by atoms with van der Waals surface area (Å²) in [7, 11) is 0. The third-order valence-electron chi connectivity index (χ3n) is 4.60. The quantitative estimate of drug-likeness (QED) is 0.379. The summed E-state index contributed by atoms with van der Waals surface area (Å²) >= 11 is 12.2. The molecule has 4 nitrogen and oxygen atoms in total. The SMILES string of the molecule is Cc1cc2oc(-c3ccco3)c(OCc3ccc(Cl)cc3Cl)c(=O)c2cc1C. The molecule has 0 aliphatic carbocycles. The van der Waals surface area contributed by atoms with Crippen LogP contribution in [0.15, 0.2) is 62.4 Å². The van der Waals surface area contributed by atoms with Crippen molar-refractivity contribution in [3.8, 4) is 17.3 Å². The maximum absolute atomic E-state index is 13.2. The molecule has 0 saturated carbocycles. The number of halogens is 2. The lowest BCUT2D eigenvalue weighted by atomic mass is 10.1. The van der Waals surface area contributed by atoms with Crippen LogP contribution in [0.1, 0.15) is 16.7 Å². The van der Waals surface area contributed by atoms with Gasteiger partial charge in [0.15, 0.2) is 5.76 Å². The molecule has 142 valence electrons. The van der Waals surface area contributed by atoms with Gasteiger partial charge in [-0.15, -0.1) is 0 Å². The first kappa shape index (κ1) is 18.7. The first-order valence-corrected chi connectivity index (χ1v) is 9.38. The third kappa shape index (κ3) is 3.41. The zero-order chi connectivity index (χ0) is 19.8. The number of ether oxygens (including phenoxy) is 1. The minimum absolute atomic E-state index is 0.0803. The second kappa shape index (κ2) is 7.38. The lowest BCUT2D eigenvalue weighted by Crippen LogP contribution is -2.10. The van der Waals surface area contributed by atoms with Crippen LogP contribution in [0.3, 0.4) is 0 Å². The minimum Gasteiger partial charge on any atom is -0.481 e. The first-order valence-electron chi connectivity index (χ1n) is 8.62. The Bertz CT molecular complexity index is 1220. The Hall–Kier alpha value is -2.69. The van der Waals surface area contributed by atoms with Crippen molar-refractivity contribution in [1.82, 2.24) is 0 Å². The van der Waals surface area contributed by atoms with E-state index in [1.54, 1.807) is 30.3 Å². The molecule has 0 unspecified atom stereocenters. The number of fused-ring (bicyclic) bond motifs is 1. The van der Waals surface area contributed by atoms with Gasteiger partial charge in [-0.1, -0.05) is 29.3 Å². The number of hydrogen-bond donors (Lipinski definition) is 0. The second-order valence-corrected chi connectivity index (χ2v) is 7.37. The summed E-state index contributed by atoms with van der Waals surface area (Å²) in [5.74, 6) is 0.738. The van der Waals surface area contributed by atoms with Crippen LogP contribution >= 0.6 is 23.2 Å². The average Bonchev–Trinajstić information content (AvgIpc) is 3.18. The highest BCUT2D eigenvalue weighted by molar-refractivity contribution is 6.35. The van der Waals surface area contributed by atoms with Crippen molar-refractivity contribution in [3.05, 3.63) is 85.7 Å². The Morgan fingerprint density at radius 2 is 1.82 bits per heavy atom. The Balaban J connectivity index is 1.85. The van der Waals surface area contributed by atoms with Gasteiger partial charge in [0.05, 0.1) is 11.6 Å². The summed E-state index contributed by atoms with van der Waals surface area (Å²) < 4.78 is 17.4. The van der Waals surface area contributed by atoms with Crippen LogP contribution < -0.4 is 10.2 Å². The molecule has 0 saturated heterocycles. The van der Waals surface area contributed by atoms with E-state index in [-0.39, 0.29) is 23.5 Å². The molecule has 2 aromatic carbocycles. The molecule has 0 radical (unpaired) electrons. The van der Waals surface area contributed by atoms with Crippen LogP contribution in [0.5, 0.6) is 5.75 Å². The predicted octanol–water partition coefficient (Wildman–Crippen LogP) is 6.56. The van der Waals surface area contributed by atoms with Crippen molar-refractivity contribution < 1.29 is 13.6 Å². The van der Waals surface area contributed by atoms with Gasteiger partial charge in [0.1, 0.15) is 12.2 Å². The van der Waals surface area contributed by atoms with Crippen LogP contribution in [0.25, 0.3) is 22.5 Å². The predicted molar refractivity (Wildman–Crippen MR) is 110 cm³/mol. The molecule has 4 aromatic rings. The van der Waals surface area contributed by atoms with Gasteiger partial charge in [-0.25, -0.2) is 0 Å². The third-order valence-corrected chi connectivity index (χ3v) is 5.18. The van der Waals surface area contributed by atoms with E-state index in [1.807, 2.05) is 26.0 Å². The number of furan rings is 1. The molecular formula is C22H16Cl2O4. The summed E-state index contributed by atoms with van der Waals surface area (Å²) in [6.45, 7) is 4.00. The van der Waals surface area contributed by atoms with Crippen LogP contribution in [0.4, 0.5) is 0 Å². The van der Waals surface area contributed by atoms with Crippen LogP contribution in [-0.2, 0) is 6.61 Å². The molecule has 0 amide bonds. The number of rotatable bonds is 4. The Morgan fingerprint density at radius 1 is 1.04 bits per heavy atom. The average molecular weight is 415 g/mol. The molecule has 0 N–H and O–H groups in total. The first-order chi connectivity index (χ1) is 13.4. The van der Waals surface area contributed by atoms with Gasteiger partial charge >= 0.3 is 0 Å². The van der Waals surface area contributed by atoms with Gasteiger partial charge in [-0.2, -0.15) is 0 Å². The maximum Gasteiger partial charge on any atom is 0.235 e. The molecule has 6 heteroatoms. The van der Waals surface area contributed by atoms with Crippen LogP contribution in [0, 0.1) is 13.8 Å². The number of benzene rings is 2. The van der Waals surface area contributed by atoms with E-state index in [0.29, 0.717) is 32.3 Å². The molecular weight excluding hydrogens is 399 g/mol. The Morgan fingerprint density at radius 3 is 2.54 bits per heavy atom. The van der Waals surface area contributed by atoms with Crippen molar-refractivity contribution >= 4 is 34.2 Å². The second-order valence-electron chi connectivity index (χ2n) is 6.52. The normalized spacial score (nSPS) is 11.1. The molecule has 0 atom stereocenters. The van der Waals surface area contributed by atoms with E-state index < -0.39 is 0 Å². The van der Waals surface area contributed by atoms with Gasteiger partial charge in [0.2, 0.25) is 16.9 Å². The fourth-order valence-electron chi connectivity index (χ4n) is 2.92. The highest BCUT2D eigenvalue weighted by Crippen LogP contribution is 2.33. The lowest BCUT2D eigenvalue weighted by Gasteiger charge is -2.12. The van der Waals surface area contributed by atoms with E-state index in [9.17, 15) is 4.79 Å². The fraction of sp³-hybridized carbons (Fsp3) is 0.136. The summed E-state index contributed by atoms with van der Waals surface area (Å²) in [6.07, 6.45) is 1.51. The van der Waals surface area contributed by atoms with E-state index in [2.05, 4.69) is 0 Å². The summed E-state index contributed by atoms with van der Waals surface area (Å²) in [4.78, 5) is 13.2. The maximum atomic E-state index is 13.2. The molecule has 0 aliphatic rings. The number of hydrogen-bond acceptors (Lipinski definition) is 4. The molecule has 0 spiro atoms. The van der Waals surface area contributed by atoms with E-state index in [0.717, 1.165) is 11.1 Å². The molecule has 0 aliphatic heterocycles. The van der Waals surface area contributed by atoms with E-state index in [4.69, 9.17) is 36.8 Å². The zero-order valence-electron chi connectivity index (χ0n) is 15.2. The molecule has 0 fully saturated rings. The standard InChI is InChI=1S/C22H16Cl2O4/c1-12-8-16-19(9-13(12)2)28-21(18-4-3-7-26-18)22(20(16)25)27-11-14-5-6-15(23)10-17(14)24/h3-10H,11H2,1-2H3. The number of aryl methyl sites for hydroxylation is 2. The van der Waals surface area contributed by atoms with E-state index >= 15 is 0 Å². The van der Waals surface area contributed by atoms with E-state index in [1.165, 1.54) is 6.26 Å². The van der Waals surface area contributed by atoms with Gasteiger partial charge in [-0.3, -0.25) is 4.79 Å². The van der Waals surface area contributed by atoms with Crippen LogP contribution in [-0.4, -0.2) is 0 Å². The van der Waals surface area contributed by atoms with Gasteiger partial charge in [0.25, 0.3) is 0 Å². The summed E-state index contributed by atoms with van der Waals surface area (Å²) in [6, 6.07) is 12.2. The van der Waals surface area contributed by atoms with Gasteiger partial charge in [-0.05, 0) is 61.4 Å². The lowest BCUT2D eigenvalue weighted by molar-refractivity contribution is 0.296. The Labute approximate surface area is 171 Å². The van der Waals surface area contributed by atoms with Crippen molar-refractivity contribution in [2.45, 2.75) is 20.5 Å². The highest BCUT2D eigenvalue weighted by atomic mass is 35.5. The monoisotopic (exact) mass is 414 g/mol. The molecule has 4 rings (SSSR count). The minimum atomic E-state index is -0.263. The van der Waals surface area contributed by atoms with Crippen molar-refractivity contribution in [2.75, 3.05) is 0 Å². The van der Waals surface area contributed by atoms with Gasteiger partial charge < -0.3 is 13.6 Å². The largest absolute Gasteiger partial charge is 0.481 e. The molecule has 28 heavy (non-hydrogen) atoms. The van der Waals surface area contributed by atoms with Crippen LogP contribution in [0.2, 0.25) is 10.0 Å². The zero-order valence-corrected chi connectivity index (χ0v) is 16.7. The Kier molecular flexibility index (Phi) is 4.92. The van der Waals surface area contributed by atoms with Gasteiger partial charge in [0, 0.05) is 15.6 Å². The smallest absolute Gasteiger partial charge is 0.235 e. The summed E-state index contributed by atoms with van der Waals surface area (Å²) in [5.41, 5.74) is 2.95. The summed E-state index contributed by atoms with van der Waals surface area (Å²) in [5, 5.41) is 1.44. The molecule has 2 aromatic heterocycles. The topological polar surface area (TPSA) is 52.6 Å².